The second-order valence-corrected chi connectivity index (χ2v) is 5.83. The summed E-state index contributed by atoms with van der Waals surface area (Å²) in [6.45, 7) is 5.59. The molecule has 0 fully saturated rings. The Morgan fingerprint density at radius 3 is 2.29 bits per heavy atom. The molecule has 0 radical (unpaired) electrons. The summed E-state index contributed by atoms with van der Waals surface area (Å²) in [5.41, 5.74) is 4.06. The van der Waals surface area contributed by atoms with Crippen LogP contribution in [0.3, 0.4) is 0 Å². The van der Waals surface area contributed by atoms with E-state index in [1.807, 2.05) is 12.1 Å². The van der Waals surface area contributed by atoms with Gasteiger partial charge in [-0.3, -0.25) is 0 Å². The van der Waals surface area contributed by atoms with E-state index >= 15 is 0 Å². The zero-order valence-corrected chi connectivity index (χ0v) is 13.4. The standard InChI is InChI=1S/C12H17Br2NO2/c1-8(2)7-17-15-6-9-4-10(13)12(16-3)11(14)5-9/h4-5,8,15H,6-7H2,1-3H3. The van der Waals surface area contributed by atoms with Crippen molar-refractivity contribution >= 4 is 31.9 Å². The minimum atomic E-state index is 0.525. The van der Waals surface area contributed by atoms with Gasteiger partial charge in [0.2, 0.25) is 0 Å². The Hall–Kier alpha value is -0.100. The van der Waals surface area contributed by atoms with Crippen LogP contribution in [0.25, 0.3) is 0 Å². The highest BCUT2D eigenvalue weighted by molar-refractivity contribution is 9.11. The van der Waals surface area contributed by atoms with Gasteiger partial charge in [0.15, 0.2) is 0 Å². The first-order chi connectivity index (χ1) is 8.04. The molecule has 0 spiro atoms. The Kier molecular flexibility index (Phi) is 6.48. The van der Waals surface area contributed by atoms with E-state index in [1.54, 1.807) is 7.11 Å². The highest BCUT2D eigenvalue weighted by Crippen LogP contribution is 2.34. The number of hydrogen-bond donors (Lipinski definition) is 1. The van der Waals surface area contributed by atoms with E-state index in [-0.39, 0.29) is 0 Å². The maximum absolute atomic E-state index is 5.32. The molecule has 0 unspecified atom stereocenters. The van der Waals surface area contributed by atoms with E-state index in [1.165, 1.54) is 0 Å². The molecule has 0 heterocycles. The summed E-state index contributed by atoms with van der Waals surface area (Å²) in [4.78, 5) is 5.32. The Morgan fingerprint density at radius 2 is 1.82 bits per heavy atom. The predicted octanol–water partition coefficient (Wildman–Crippen LogP) is 3.90. The van der Waals surface area contributed by atoms with Crippen LogP contribution < -0.4 is 10.2 Å². The van der Waals surface area contributed by atoms with Gasteiger partial charge in [-0.2, -0.15) is 5.48 Å². The largest absolute Gasteiger partial charge is 0.494 e. The van der Waals surface area contributed by atoms with Gasteiger partial charge < -0.3 is 9.57 Å². The molecule has 0 aliphatic heterocycles. The second kappa shape index (κ2) is 7.36. The molecule has 0 saturated heterocycles. The highest BCUT2D eigenvalue weighted by Gasteiger charge is 2.07. The molecule has 17 heavy (non-hydrogen) atoms. The van der Waals surface area contributed by atoms with Crippen molar-refractivity contribution in [3.8, 4) is 5.75 Å². The maximum Gasteiger partial charge on any atom is 0.147 e. The molecule has 1 rings (SSSR count). The van der Waals surface area contributed by atoms with Crippen molar-refractivity contribution in [2.45, 2.75) is 20.4 Å². The summed E-state index contributed by atoms with van der Waals surface area (Å²) in [5, 5.41) is 0. The third-order valence-corrected chi connectivity index (χ3v) is 3.24. The summed E-state index contributed by atoms with van der Waals surface area (Å²) in [7, 11) is 1.65. The van der Waals surface area contributed by atoms with Crippen molar-refractivity contribution in [3.05, 3.63) is 26.6 Å². The number of halogens is 2. The number of nitrogens with one attached hydrogen (secondary N) is 1. The van der Waals surface area contributed by atoms with E-state index in [9.17, 15) is 0 Å². The molecular weight excluding hydrogens is 350 g/mol. The van der Waals surface area contributed by atoms with Gasteiger partial charge in [-0.25, -0.2) is 0 Å². The SMILES string of the molecule is COc1c(Br)cc(CNOCC(C)C)cc1Br. The van der Waals surface area contributed by atoms with Crippen LogP contribution in [0, 0.1) is 5.92 Å². The van der Waals surface area contributed by atoms with Crippen molar-refractivity contribution in [1.82, 2.24) is 5.48 Å². The fraction of sp³-hybridized carbons (Fsp3) is 0.500. The maximum atomic E-state index is 5.32. The van der Waals surface area contributed by atoms with Crippen molar-refractivity contribution in [3.63, 3.8) is 0 Å². The fourth-order valence-electron chi connectivity index (χ4n) is 1.27. The minimum absolute atomic E-state index is 0.525. The molecule has 0 aromatic heterocycles. The minimum Gasteiger partial charge on any atom is -0.494 e. The molecule has 3 nitrogen and oxygen atoms in total. The lowest BCUT2D eigenvalue weighted by Gasteiger charge is -2.11. The molecule has 1 aromatic rings. The molecule has 0 bridgehead atoms. The molecule has 0 amide bonds. The summed E-state index contributed by atoms with van der Waals surface area (Å²) in [6.07, 6.45) is 0. The van der Waals surface area contributed by atoms with Gasteiger partial charge in [-0.1, -0.05) is 13.8 Å². The van der Waals surface area contributed by atoms with E-state index in [0.717, 1.165) is 20.3 Å². The fourth-order valence-corrected chi connectivity index (χ4v) is 2.87. The Balaban J connectivity index is 2.55. The lowest BCUT2D eigenvalue weighted by Crippen LogP contribution is -2.17. The first-order valence-electron chi connectivity index (χ1n) is 5.41. The first kappa shape index (κ1) is 15.0. The van der Waals surface area contributed by atoms with E-state index < -0.39 is 0 Å². The van der Waals surface area contributed by atoms with Crippen molar-refractivity contribution in [2.24, 2.45) is 5.92 Å². The van der Waals surface area contributed by atoms with E-state index in [0.29, 0.717) is 19.1 Å². The van der Waals surface area contributed by atoms with Crippen molar-refractivity contribution < 1.29 is 9.57 Å². The van der Waals surface area contributed by atoms with Crippen molar-refractivity contribution in [2.75, 3.05) is 13.7 Å². The van der Waals surface area contributed by atoms with Crippen LogP contribution >= 0.6 is 31.9 Å². The normalized spacial score (nSPS) is 10.9. The highest BCUT2D eigenvalue weighted by atomic mass is 79.9. The molecule has 1 N–H and O–H groups in total. The zero-order chi connectivity index (χ0) is 12.8. The lowest BCUT2D eigenvalue weighted by molar-refractivity contribution is 0.0196. The van der Waals surface area contributed by atoms with Gasteiger partial charge in [0.05, 0.1) is 22.7 Å². The van der Waals surface area contributed by atoms with Gasteiger partial charge in [-0.15, -0.1) is 0 Å². The van der Waals surface area contributed by atoms with Crippen molar-refractivity contribution in [1.29, 1.82) is 0 Å². The number of rotatable bonds is 6. The number of hydroxylamine groups is 1. The predicted molar refractivity (Wildman–Crippen MR) is 76.0 cm³/mol. The quantitative estimate of drug-likeness (QED) is 0.611. The topological polar surface area (TPSA) is 30.5 Å². The number of benzene rings is 1. The zero-order valence-electron chi connectivity index (χ0n) is 10.2. The van der Waals surface area contributed by atoms with E-state index in [4.69, 9.17) is 9.57 Å². The number of methoxy groups -OCH3 is 1. The number of hydrogen-bond acceptors (Lipinski definition) is 3. The third-order valence-electron chi connectivity index (χ3n) is 2.06. The molecular formula is C12H17Br2NO2. The molecule has 0 aliphatic rings. The summed E-state index contributed by atoms with van der Waals surface area (Å²) < 4.78 is 7.09. The molecule has 0 saturated carbocycles. The van der Waals surface area contributed by atoms with Crippen LogP contribution in [0.5, 0.6) is 5.75 Å². The summed E-state index contributed by atoms with van der Waals surface area (Å²) >= 11 is 6.93. The lowest BCUT2D eigenvalue weighted by atomic mass is 10.2. The Labute approximate surface area is 119 Å². The molecule has 96 valence electrons. The van der Waals surface area contributed by atoms with E-state index in [2.05, 4.69) is 51.2 Å². The third kappa shape index (κ3) is 4.95. The van der Waals surface area contributed by atoms with Gasteiger partial charge in [0, 0.05) is 6.54 Å². The van der Waals surface area contributed by atoms with Gasteiger partial charge >= 0.3 is 0 Å². The Morgan fingerprint density at radius 1 is 1.24 bits per heavy atom. The average molecular weight is 367 g/mol. The number of ether oxygens (including phenoxy) is 1. The van der Waals surface area contributed by atoms with Crippen LogP contribution in [0.2, 0.25) is 0 Å². The molecule has 0 aliphatic carbocycles. The van der Waals surface area contributed by atoms with Crippen LogP contribution in [-0.2, 0) is 11.4 Å². The van der Waals surface area contributed by atoms with Crippen LogP contribution in [0.4, 0.5) is 0 Å². The Bertz CT molecular complexity index is 347. The summed E-state index contributed by atoms with van der Waals surface area (Å²) in [6, 6.07) is 4.02. The van der Waals surface area contributed by atoms with Gasteiger partial charge in [-0.05, 0) is 55.5 Å². The molecule has 5 heteroatoms. The monoisotopic (exact) mass is 365 g/mol. The van der Waals surface area contributed by atoms with Crippen LogP contribution in [-0.4, -0.2) is 13.7 Å². The first-order valence-corrected chi connectivity index (χ1v) is 6.99. The average Bonchev–Trinajstić information content (AvgIpc) is 2.24. The molecule has 0 atom stereocenters. The molecule has 1 aromatic carbocycles. The van der Waals surface area contributed by atoms with Crippen LogP contribution in [0.15, 0.2) is 21.1 Å². The van der Waals surface area contributed by atoms with Crippen LogP contribution in [0.1, 0.15) is 19.4 Å². The summed E-state index contributed by atoms with van der Waals surface area (Å²) in [5.74, 6) is 1.33. The second-order valence-electron chi connectivity index (χ2n) is 4.12. The smallest absolute Gasteiger partial charge is 0.147 e. The van der Waals surface area contributed by atoms with Gasteiger partial charge in [0.25, 0.3) is 0 Å². The van der Waals surface area contributed by atoms with Gasteiger partial charge in [0.1, 0.15) is 5.75 Å².